The minimum atomic E-state index is -0.103. The SMILES string of the molecule is CCC(CC)C(=O)NCC1CCN(C(=O)Nc2ccccc2OC)CC1. The number of benzene rings is 1. The van der Waals surface area contributed by atoms with Crippen molar-refractivity contribution < 1.29 is 14.3 Å². The Hall–Kier alpha value is -2.24. The molecule has 1 fully saturated rings. The van der Waals surface area contributed by atoms with Crippen LogP contribution < -0.4 is 15.4 Å². The van der Waals surface area contributed by atoms with Crippen LogP contribution in [0.25, 0.3) is 0 Å². The van der Waals surface area contributed by atoms with Gasteiger partial charge < -0.3 is 20.3 Å². The van der Waals surface area contributed by atoms with E-state index in [0.29, 0.717) is 37.0 Å². The van der Waals surface area contributed by atoms with Crippen LogP contribution in [0.2, 0.25) is 0 Å². The summed E-state index contributed by atoms with van der Waals surface area (Å²) in [4.78, 5) is 26.4. The number of methoxy groups -OCH3 is 1. The van der Waals surface area contributed by atoms with E-state index in [1.54, 1.807) is 7.11 Å². The highest BCUT2D eigenvalue weighted by molar-refractivity contribution is 5.91. The largest absolute Gasteiger partial charge is 0.495 e. The van der Waals surface area contributed by atoms with Crippen molar-refractivity contribution in [2.75, 3.05) is 32.1 Å². The molecule has 1 aliphatic heterocycles. The van der Waals surface area contributed by atoms with E-state index in [-0.39, 0.29) is 17.9 Å². The molecule has 0 unspecified atom stereocenters. The minimum absolute atomic E-state index is 0.103. The van der Waals surface area contributed by atoms with Gasteiger partial charge in [0.15, 0.2) is 0 Å². The fraction of sp³-hybridized carbons (Fsp3) is 0.600. The van der Waals surface area contributed by atoms with Crippen LogP contribution in [-0.4, -0.2) is 43.6 Å². The smallest absolute Gasteiger partial charge is 0.321 e. The molecule has 26 heavy (non-hydrogen) atoms. The molecule has 1 aliphatic rings. The molecule has 1 aromatic carbocycles. The number of anilines is 1. The average molecular weight is 361 g/mol. The van der Waals surface area contributed by atoms with Crippen LogP contribution in [0, 0.1) is 11.8 Å². The number of hydrogen-bond acceptors (Lipinski definition) is 3. The highest BCUT2D eigenvalue weighted by atomic mass is 16.5. The summed E-state index contributed by atoms with van der Waals surface area (Å²) >= 11 is 0. The number of likely N-dealkylation sites (tertiary alicyclic amines) is 1. The van der Waals surface area contributed by atoms with Gasteiger partial charge in [0.25, 0.3) is 0 Å². The molecule has 1 aromatic rings. The Kier molecular flexibility index (Phi) is 7.75. The summed E-state index contributed by atoms with van der Waals surface area (Å²) in [6, 6.07) is 7.29. The van der Waals surface area contributed by atoms with E-state index in [9.17, 15) is 9.59 Å². The van der Waals surface area contributed by atoms with Crippen molar-refractivity contribution in [3.63, 3.8) is 0 Å². The summed E-state index contributed by atoms with van der Waals surface area (Å²) in [6.07, 6.45) is 3.57. The van der Waals surface area contributed by atoms with E-state index in [4.69, 9.17) is 4.74 Å². The third-order valence-corrected chi connectivity index (χ3v) is 5.17. The standard InChI is InChI=1S/C20H31N3O3/c1-4-16(5-2)19(24)21-14-15-10-12-23(13-11-15)20(25)22-17-8-6-7-9-18(17)26-3/h6-9,15-16H,4-5,10-14H2,1-3H3,(H,21,24)(H,22,25). The van der Waals surface area contributed by atoms with Crippen LogP contribution in [0.3, 0.4) is 0 Å². The number of nitrogens with zero attached hydrogens (tertiary/aromatic N) is 1. The number of para-hydroxylation sites is 2. The van der Waals surface area contributed by atoms with Crippen LogP contribution in [0.4, 0.5) is 10.5 Å². The highest BCUT2D eigenvalue weighted by Gasteiger charge is 2.24. The summed E-state index contributed by atoms with van der Waals surface area (Å²) < 4.78 is 5.27. The Morgan fingerprint density at radius 2 is 1.85 bits per heavy atom. The lowest BCUT2D eigenvalue weighted by Crippen LogP contribution is -2.44. The Balaban J connectivity index is 1.77. The second kappa shape index (κ2) is 10.0. The van der Waals surface area contributed by atoms with Gasteiger partial charge in [-0.05, 0) is 43.7 Å². The number of carbonyl (C=O) groups excluding carboxylic acids is 2. The molecular weight excluding hydrogens is 330 g/mol. The summed E-state index contributed by atoms with van der Waals surface area (Å²) in [5.74, 6) is 1.36. The molecular formula is C20H31N3O3. The highest BCUT2D eigenvalue weighted by Crippen LogP contribution is 2.24. The molecule has 3 amide bonds. The first-order valence-electron chi connectivity index (χ1n) is 9.55. The first-order valence-corrected chi connectivity index (χ1v) is 9.55. The van der Waals surface area contributed by atoms with Crippen LogP contribution in [0.1, 0.15) is 39.5 Å². The predicted octanol–water partition coefficient (Wildman–Crippen LogP) is 3.49. The number of carbonyl (C=O) groups is 2. The number of hydrogen-bond donors (Lipinski definition) is 2. The molecule has 0 aromatic heterocycles. The van der Waals surface area contributed by atoms with Gasteiger partial charge in [-0.2, -0.15) is 0 Å². The number of urea groups is 1. The third-order valence-electron chi connectivity index (χ3n) is 5.17. The molecule has 0 atom stereocenters. The molecule has 1 saturated heterocycles. The third kappa shape index (κ3) is 5.38. The summed E-state index contributed by atoms with van der Waals surface area (Å²) in [5, 5.41) is 6.00. The van der Waals surface area contributed by atoms with Crippen molar-refractivity contribution in [3.05, 3.63) is 24.3 Å². The van der Waals surface area contributed by atoms with Crippen molar-refractivity contribution in [2.24, 2.45) is 11.8 Å². The molecule has 144 valence electrons. The van der Waals surface area contributed by atoms with Gasteiger partial charge in [0.05, 0.1) is 12.8 Å². The van der Waals surface area contributed by atoms with E-state index >= 15 is 0 Å². The van der Waals surface area contributed by atoms with E-state index in [0.717, 1.165) is 25.7 Å². The molecule has 0 bridgehead atoms. The molecule has 1 heterocycles. The summed E-state index contributed by atoms with van der Waals surface area (Å²) in [6.45, 7) is 6.20. The second-order valence-corrected chi connectivity index (χ2v) is 6.82. The van der Waals surface area contributed by atoms with Crippen molar-refractivity contribution in [1.29, 1.82) is 0 Å². The molecule has 0 aliphatic carbocycles. The Morgan fingerprint density at radius 3 is 2.46 bits per heavy atom. The fourth-order valence-electron chi connectivity index (χ4n) is 3.33. The molecule has 0 radical (unpaired) electrons. The van der Waals surface area contributed by atoms with Crippen molar-refractivity contribution in [1.82, 2.24) is 10.2 Å². The number of ether oxygens (including phenoxy) is 1. The van der Waals surface area contributed by atoms with Crippen LogP contribution in [0.15, 0.2) is 24.3 Å². The maximum absolute atomic E-state index is 12.5. The number of piperidine rings is 1. The van der Waals surface area contributed by atoms with Gasteiger partial charge in [-0.25, -0.2) is 4.79 Å². The van der Waals surface area contributed by atoms with E-state index < -0.39 is 0 Å². The monoisotopic (exact) mass is 361 g/mol. The van der Waals surface area contributed by atoms with Gasteiger partial charge in [-0.1, -0.05) is 26.0 Å². The normalized spacial score (nSPS) is 15.0. The van der Waals surface area contributed by atoms with Crippen LogP contribution in [0.5, 0.6) is 5.75 Å². The first kappa shape index (κ1) is 20.1. The second-order valence-electron chi connectivity index (χ2n) is 6.82. The Morgan fingerprint density at radius 1 is 1.19 bits per heavy atom. The molecule has 6 nitrogen and oxygen atoms in total. The van der Waals surface area contributed by atoms with E-state index in [1.165, 1.54) is 0 Å². The fourth-order valence-corrected chi connectivity index (χ4v) is 3.33. The lowest BCUT2D eigenvalue weighted by molar-refractivity contribution is -0.125. The molecule has 0 saturated carbocycles. The number of amides is 3. The van der Waals surface area contributed by atoms with E-state index in [1.807, 2.05) is 43.0 Å². The van der Waals surface area contributed by atoms with Gasteiger partial charge in [0.1, 0.15) is 5.75 Å². The quantitative estimate of drug-likeness (QED) is 0.781. The zero-order valence-electron chi connectivity index (χ0n) is 16.1. The zero-order chi connectivity index (χ0) is 18.9. The van der Waals surface area contributed by atoms with Gasteiger partial charge in [0.2, 0.25) is 5.91 Å². The summed E-state index contributed by atoms with van der Waals surface area (Å²) in [7, 11) is 1.59. The molecule has 2 rings (SSSR count). The van der Waals surface area contributed by atoms with Gasteiger partial charge in [-0.15, -0.1) is 0 Å². The van der Waals surface area contributed by atoms with Crippen LogP contribution >= 0.6 is 0 Å². The van der Waals surface area contributed by atoms with Gasteiger partial charge >= 0.3 is 6.03 Å². The molecule has 2 N–H and O–H groups in total. The number of nitrogens with one attached hydrogen (secondary N) is 2. The van der Waals surface area contributed by atoms with Crippen molar-refractivity contribution >= 4 is 17.6 Å². The lowest BCUT2D eigenvalue weighted by atomic mass is 9.96. The lowest BCUT2D eigenvalue weighted by Gasteiger charge is -2.32. The maximum Gasteiger partial charge on any atom is 0.321 e. The Labute approximate surface area is 156 Å². The van der Waals surface area contributed by atoms with Crippen molar-refractivity contribution in [2.45, 2.75) is 39.5 Å². The number of rotatable bonds is 7. The van der Waals surface area contributed by atoms with Crippen molar-refractivity contribution in [3.8, 4) is 5.75 Å². The molecule has 6 heteroatoms. The van der Waals surface area contributed by atoms with Crippen LogP contribution in [-0.2, 0) is 4.79 Å². The zero-order valence-corrected chi connectivity index (χ0v) is 16.1. The minimum Gasteiger partial charge on any atom is -0.495 e. The topological polar surface area (TPSA) is 70.7 Å². The van der Waals surface area contributed by atoms with Gasteiger partial charge in [0, 0.05) is 25.6 Å². The summed E-state index contributed by atoms with van der Waals surface area (Å²) in [5.41, 5.74) is 0.680. The predicted molar refractivity (Wildman–Crippen MR) is 103 cm³/mol. The Bertz CT molecular complexity index is 594. The first-order chi connectivity index (χ1) is 12.6. The van der Waals surface area contributed by atoms with E-state index in [2.05, 4.69) is 10.6 Å². The average Bonchev–Trinajstić information content (AvgIpc) is 2.68. The molecule has 0 spiro atoms. The van der Waals surface area contributed by atoms with Gasteiger partial charge in [-0.3, -0.25) is 4.79 Å². The maximum atomic E-state index is 12.5.